The summed E-state index contributed by atoms with van der Waals surface area (Å²) in [7, 11) is 0. The van der Waals surface area contributed by atoms with Crippen LogP contribution in [0.3, 0.4) is 0 Å². The highest BCUT2D eigenvalue weighted by Crippen LogP contribution is 2.17. The van der Waals surface area contributed by atoms with Gasteiger partial charge in [-0.25, -0.2) is 4.79 Å². The highest BCUT2D eigenvalue weighted by molar-refractivity contribution is 5.77. The number of nitrogens with zero attached hydrogens (tertiary/aromatic N) is 2. The van der Waals surface area contributed by atoms with Crippen LogP contribution in [0.1, 0.15) is 39.0 Å². The van der Waals surface area contributed by atoms with Crippen LogP contribution in [0.5, 0.6) is 0 Å². The third kappa shape index (κ3) is 4.59. The largest absolute Gasteiger partial charge is 0.481 e. The van der Waals surface area contributed by atoms with Crippen molar-refractivity contribution in [3.05, 3.63) is 0 Å². The zero-order valence-electron chi connectivity index (χ0n) is 12.9. The first-order chi connectivity index (χ1) is 10.1. The molecule has 21 heavy (non-hydrogen) atoms. The fourth-order valence-electron chi connectivity index (χ4n) is 3.23. The number of aliphatic carboxylic acids is 1. The first-order valence-corrected chi connectivity index (χ1v) is 8.07. The number of carbonyl (C=O) groups is 2. The second kappa shape index (κ2) is 7.64. The Kier molecular flexibility index (Phi) is 5.85. The number of carboxylic acids is 1. The summed E-state index contributed by atoms with van der Waals surface area (Å²) in [6.07, 6.45) is 5.40. The van der Waals surface area contributed by atoms with Crippen LogP contribution in [-0.4, -0.2) is 65.7 Å². The Morgan fingerprint density at radius 3 is 2.71 bits per heavy atom. The van der Waals surface area contributed by atoms with Crippen LogP contribution in [-0.2, 0) is 4.79 Å². The molecule has 2 heterocycles. The predicted molar refractivity (Wildman–Crippen MR) is 80.2 cm³/mol. The molecule has 2 aliphatic rings. The third-order valence-electron chi connectivity index (χ3n) is 4.66. The maximum atomic E-state index is 11.9. The molecular weight excluding hydrogens is 270 g/mol. The molecular formula is C15H27N3O3. The Morgan fingerprint density at radius 2 is 2.05 bits per heavy atom. The van der Waals surface area contributed by atoms with Gasteiger partial charge in [-0.15, -0.1) is 0 Å². The van der Waals surface area contributed by atoms with Crippen molar-refractivity contribution in [1.29, 1.82) is 0 Å². The first kappa shape index (κ1) is 16.1. The lowest BCUT2D eigenvalue weighted by Gasteiger charge is -2.33. The molecule has 6 nitrogen and oxygen atoms in total. The Morgan fingerprint density at radius 1 is 1.24 bits per heavy atom. The molecule has 0 aromatic carbocycles. The maximum Gasteiger partial charge on any atom is 0.317 e. The third-order valence-corrected chi connectivity index (χ3v) is 4.66. The SMILES string of the molecule is CC1CCCCN1CCCNC(=O)N1CCC(C(=O)O)C1. The number of amides is 2. The van der Waals surface area contributed by atoms with Crippen molar-refractivity contribution in [3.8, 4) is 0 Å². The van der Waals surface area contributed by atoms with E-state index in [2.05, 4.69) is 17.1 Å². The number of likely N-dealkylation sites (tertiary alicyclic amines) is 2. The van der Waals surface area contributed by atoms with Crippen molar-refractivity contribution < 1.29 is 14.7 Å². The van der Waals surface area contributed by atoms with Crippen molar-refractivity contribution in [2.24, 2.45) is 5.92 Å². The van der Waals surface area contributed by atoms with Gasteiger partial charge in [0.15, 0.2) is 0 Å². The van der Waals surface area contributed by atoms with Gasteiger partial charge in [-0.2, -0.15) is 0 Å². The van der Waals surface area contributed by atoms with E-state index < -0.39 is 11.9 Å². The van der Waals surface area contributed by atoms with Gasteiger partial charge in [0.05, 0.1) is 5.92 Å². The van der Waals surface area contributed by atoms with Crippen LogP contribution in [0.15, 0.2) is 0 Å². The number of nitrogens with one attached hydrogen (secondary N) is 1. The van der Waals surface area contributed by atoms with Crippen LogP contribution in [0.4, 0.5) is 4.79 Å². The first-order valence-electron chi connectivity index (χ1n) is 8.07. The van der Waals surface area contributed by atoms with Gasteiger partial charge in [-0.3, -0.25) is 4.79 Å². The summed E-state index contributed by atoms with van der Waals surface area (Å²) in [5.41, 5.74) is 0. The van der Waals surface area contributed by atoms with Crippen molar-refractivity contribution in [2.45, 2.75) is 45.1 Å². The zero-order chi connectivity index (χ0) is 15.2. The summed E-state index contributed by atoms with van der Waals surface area (Å²) in [4.78, 5) is 26.9. The van der Waals surface area contributed by atoms with Gasteiger partial charge < -0.3 is 20.2 Å². The van der Waals surface area contributed by atoms with E-state index in [0.29, 0.717) is 32.1 Å². The van der Waals surface area contributed by atoms with Crippen molar-refractivity contribution in [2.75, 3.05) is 32.7 Å². The second-order valence-corrected chi connectivity index (χ2v) is 6.24. The summed E-state index contributed by atoms with van der Waals surface area (Å²) < 4.78 is 0. The topological polar surface area (TPSA) is 72.9 Å². The molecule has 0 aliphatic carbocycles. The number of piperidine rings is 1. The minimum Gasteiger partial charge on any atom is -0.481 e. The molecule has 0 aromatic rings. The van der Waals surface area contributed by atoms with Gasteiger partial charge in [-0.05, 0) is 39.2 Å². The standard InChI is InChI=1S/C15H27N3O3/c1-12-5-2-3-8-17(12)9-4-7-16-15(21)18-10-6-13(11-18)14(19)20/h12-13H,2-11H2,1H3,(H,16,21)(H,19,20). The molecule has 2 fully saturated rings. The van der Waals surface area contributed by atoms with Crippen LogP contribution in [0.2, 0.25) is 0 Å². The zero-order valence-corrected chi connectivity index (χ0v) is 12.9. The van der Waals surface area contributed by atoms with Crippen LogP contribution in [0.25, 0.3) is 0 Å². The molecule has 0 radical (unpaired) electrons. The lowest BCUT2D eigenvalue weighted by Crippen LogP contribution is -2.42. The minimum absolute atomic E-state index is 0.120. The molecule has 2 unspecified atom stereocenters. The van der Waals surface area contributed by atoms with Crippen molar-refractivity contribution >= 4 is 12.0 Å². The molecule has 2 saturated heterocycles. The number of urea groups is 1. The second-order valence-electron chi connectivity index (χ2n) is 6.24. The maximum absolute atomic E-state index is 11.9. The van der Waals surface area contributed by atoms with Crippen molar-refractivity contribution in [3.63, 3.8) is 0 Å². The Labute approximate surface area is 126 Å². The van der Waals surface area contributed by atoms with E-state index in [9.17, 15) is 9.59 Å². The van der Waals surface area contributed by atoms with Crippen LogP contribution < -0.4 is 5.32 Å². The molecule has 0 bridgehead atoms. The van der Waals surface area contributed by atoms with Crippen LogP contribution in [0, 0.1) is 5.92 Å². The number of hydrogen-bond donors (Lipinski definition) is 2. The lowest BCUT2D eigenvalue weighted by atomic mass is 10.0. The number of carbonyl (C=O) groups excluding carboxylic acids is 1. The summed E-state index contributed by atoms with van der Waals surface area (Å²) in [6, 6.07) is 0.537. The number of rotatable bonds is 5. The van der Waals surface area contributed by atoms with E-state index in [1.165, 1.54) is 25.8 Å². The Hall–Kier alpha value is -1.30. The summed E-state index contributed by atoms with van der Waals surface area (Å²) in [5.74, 6) is -1.20. The normalized spacial score (nSPS) is 26.8. The highest BCUT2D eigenvalue weighted by Gasteiger charge is 2.30. The Balaban J connectivity index is 1.60. The highest BCUT2D eigenvalue weighted by atomic mass is 16.4. The quantitative estimate of drug-likeness (QED) is 0.752. The molecule has 0 spiro atoms. The van der Waals surface area contributed by atoms with Crippen LogP contribution >= 0.6 is 0 Å². The summed E-state index contributed by atoms with van der Waals surface area (Å²) >= 11 is 0. The van der Waals surface area contributed by atoms with Gasteiger partial charge in [0.25, 0.3) is 0 Å². The smallest absolute Gasteiger partial charge is 0.317 e. The lowest BCUT2D eigenvalue weighted by molar-refractivity contribution is -0.141. The van der Waals surface area contributed by atoms with E-state index >= 15 is 0 Å². The van der Waals surface area contributed by atoms with Gasteiger partial charge in [0, 0.05) is 32.2 Å². The molecule has 2 atom stereocenters. The molecule has 2 rings (SSSR count). The molecule has 2 aliphatic heterocycles. The monoisotopic (exact) mass is 297 g/mol. The Bertz CT molecular complexity index is 375. The van der Waals surface area contributed by atoms with Gasteiger partial charge in [0.1, 0.15) is 0 Å². The molecule has 2 N–H and O–H groups in total. The molecule has 2 amide bonds. The molecule has 6 heteroatoms. The van der Waals surface area contributed by atoms with E-state index in [1.54, 1.807) is 4.90 Å². The van der Waals surface area contributed by atoms with E-state index in [1.807, 2.05) is 0 Å². The van der Waals surface area contributed by atoms with E-state index in [4.69, 9.17) is 5.11 Å². The summed E-state index contributed by atoms with van der Waals surface area (Å²) in [5, 5.41) is 11.8. The molecule has 120 valence electrons. The van der Waals surface area contributed by atoms with Crippen molar-refractivity contribution in [1.82, 2.24) is 15.1 Å². The van der Waals surface area contributed by atoms with Gasteiger partial charge in [0.2, 0.25) is 0 Å². The predicted octanol–water partition coefficient (Wildman–Crippen LogP) is 1.37. The minimum atomic E-state index is -0.801. The fraction of sp³-hybridized carbons (Fsp3) is 0.867. The number of hydrogen-bond acceptors (Lipinski definition) is 3. The average Bonchev–Trinajstić information content (AvgIpc) is 2.95. The number of carboxylic acid groups (broad SMARTS) is 1. The van der Waals surface area contributed by atoms with E-state index in [0.717, 1.165) is 13.0 Å². The molecule has 0 saturated carbocycles. The van der Waals surface area contributed by atoms with E-state index in [-0.39, 0.29) is 6.03 Å². The van der Waals surface area contributed by atoms with Gasteiger partial charge in [-0.1, -0.05) is 6.42 Å². The summed E-state index contributed by atoms with van der Waals surface area (Å²) in [6.45, 7) is 6.02. The fourth-order valence-corrected chi connectivity index (χ4v) is 3.23. The van der Waals surface area contributed by atoms with Gasteiger partial charge >= 0.3 is 12.0 Å². The average molecular weight is 297 g/mol. The molecule has 0 aromatic heterocycles.